The van der Waals surface area contributed by atoms with Crippen LogP contribution < -0.4 is 0 Å². The van der Waals surface area contributed by atoms with Crippen LogP contribution in [0.5, 0.6) is 0 Å². The summed E-state index contributed by atoms with van der Waals surface area (Å²) in [6, 6.07) is 0. The van der Waals surface area contributed by atoms with Crippen LogP contribution in [0.15, 0.2) is 5.38 Å². The summed E-state index contributed by atoms with van der Waals surface area (Å²) in [5.74, 6) is 0.727. The Hall–Kier alpha value is -0.370. The van der Waals surface area contributed by atoms with E-state index >= 15 is 0 Å². The van der Waals surface area contributed by atoms with Crippen molar-refractivity contribution in [1.29, 1.82) is 0 Å². The first-order valence-corrected chi connectivity index (χ1v) is 7.57. The Bertz CT molecular complexity index is 280. The fourth-order valence-electron chi connectivity index (χ4n) is 2.04. The van der Waals surface area contributed by atoms with E-state index < -0.39 is 0 Å². The van der Waals surface area contributed by atoms with Crippen molar-refractivity contribution < 1.29 is 0 Å². The molecule has 1 aromatic heterocycles. The summed E-state index contributed by atoms with van der Waals surface area (Å²) in [5, 5.41) is 3.57. The molecule has 92 valence electrons. The van der Waals surface area contributed by atoms with Crippen LogP contribution in [0.2, 0.25) is 0 Å². The summed E-state index contributed by atoms with van der Waals surface area (Å²) < 4.78 is 0. The number of rotatable bonds is 8. The van der Waals surface area contributed by atoms with Gasteiger partial charge in [-0.3, -0.25) is 0 Å². The second-order valence-electron chi connectivity index (χ2n) is 4.66. The summed E-state index contributed by atoms with van der Waals surface area (Å²) in [6.07, 6.45) is 9.35. The van der Waals surface area contributed by atoms with Gasteiger partial charge in [-0.2, -0.15) is 0 Å². The molecule has 1 heterocycles. The van der Waals surface area contributed by atoms with E-state index in [-0.39, 0.29) is 0 Å². The van der Waals surface area contributed by atoms with Crippen LogP contribution in [0.4, 0.5) is 0 Å². The smallest absolute Gasteiger partial charge is 0.0959 e. The van der Waals surface area contributed by atoms with Gasteiger partial charge in [0.25, 0.3) is 0 Å². The van der Waals surface area contributed by atoms with E-state index in [1.54, 1.807) is 0 Å². The first-order valence-electron chi connectivity index (χ1n) is 6.70. The SMILES string of the molecule is CCCCCC(CCCC)c1nc(C)cs1. The molecule has 0 bridgehead atoms. The molecule has 0 radical (unpaired) electrons. The van der Waals surface area contributed by atoms with Gasteiger partial charge < -0.3 is 0 Å². The Labute approximate surface area is 104 Å². The number of unbranched alkanes of at least 4 members (excludes halogenated alkanes) is 3. The summed E-state index contributed by atoms with van der Waals surface area (Å²) in [6.45, 7) is 6.65. The fraction of sp³-hybridized carbons (Fsp3) is 0.786. The van der Waals surface area contributed by atoms with Crippen molar-refractivity contribution in [2.75, 3.05) is 0 Å². The van der Waals surface area contributed by atoms with Gasteiger partial charge in [-0.05, 0) is 19.8 Å². The molecular formula is C14H25NS. The number of aryl methyl sites for hydroxylation is 1. The largest absolute Gasteiger partial charge is 0.246 e. The molecule has 0 aromatic carbocycles. The lowest BCUT2D eigenvalue weighted by Gasteiger charge is -2.13. The Morgan fingerprint density at radius 1 is 1.12 bits per heavy atom. The molecule has 1 nitrogen and oxygen atoms in total. The molecule has 1 atom stereocenters. The molecule has 0 aliphatic rings. The Morgan fingerprint density at radius 2 is 1.81 bits per heavy atom. The zero-order valence-electron chi connectivity index (χ0n) is 11.0. The van der Waals surface area contributed by atoms with Gasteiger partial charge in [-0.25, -0.2) is 4.98 Å². The molecular weight excluding hydrogens is 214 g/mol. The third-order valence-electron chi connectivity index (χ3n) is 3.05. The second-order valence-corrected chi connectivity index (χ2v) is 5.55. The lowest BCUT2D eigenvalue weighted by molar-refractivity contribution is 0.513. The quantitative estimate of drug-likeness (QED) is 0.560. The zero-order valence-corrected chi connectivity index (χ0v) is 11.8. The van der Waals surface area contributed by atoms with Crippen LogP contribution in [-0.4, -0.2) is 4.98 Å². The zero-order chi connectivity index (χ0) is 11.8. The molecule has 1 unspecified atom stereocenters. The molecule has 0 amide bonds. The first-order chi connectivity index (χ1) is 7.77. The van der Waals surface area contributed by atoms with Crippen LogP contribution in [0, 0.1) is 6.92 Å². The third-order valence-corrected chi connectivity index (χ3v) is 4.17. The maximum absolute atomic E-state index is 4.66. The standard InChI is InChI=1S/C14H25NS/c1-4-6-8-10-13(9-7-5-2)14-15-12(3)11-16-14/h11,13H,4-10H2,1-3H3. The van der Waals surface area contributed by atoms with E-state index in [1.165, 1.54) is 55.6 Å². The van der Waals surface area contributed by atoms with E-state index in [2.05, 4.69) is 31.1 Å². The van der Waals surface area contributed by atoms with Crippen molar-refractivity contribution in [3.05, 3.63) is 16.1 Å². The Balaban J connectivity index is 2.49. The summed E-state index contributed by atoms with van der Waals surface area (Å²) in [5.41, 5.74) is 1.19. The summed E-state index contributed by atoms with van der Waals surface area (Å²) in [7, 11) is 0. The fourth-order valence-corrected chi connectivity index (χ4v) is 3.01. The molecule has 0 aliphatic carbocycles. The molecule has 0 saturated heterocycles. The van der Waals surface area contributed by atoms with Crippen molar-refractivity contribution in [2.45, 2.75) is 71.6 Å². The maximum Gasteiger partial charge on any atom is 0.0959 e. The molecule has 0 saturated carbocycles. The van der Waals surface area contributed by atoms with E-state index in [4.69, 9.17) is 0 Å². The van der Waals surface area contributed by atoms with Crippen molar-refractivity contribution in [2.24, 2.45) is 0 Å². The second kappa shape index (κ2) is 7.83. The minimum absolute atomic E-state index is 0.727. The van der Waals surface area contributed by atoms with Crippen molar-refractivity contribution >= 4 is 11.3 Å². The number of thiazole rings is 1. The van der Waals surface area contributed by atoms with Crippen LogP contribution in [0.3, 0.4) is 0 Å². The molecule has 0 N–H and O–H groups in total. The normalized spacial score (nSPS) is 12.9. The van der Waals surface area contributed by atoms with Gasteiger partial charge in [-0.15, -0.1) is 11.3 Å². The van der Waals surface area contributed by atoms with Gasteiger partial charge in [0.15, 0.2) is 0 Å². The van der Waals surface area contributed by atoms with Gasteiger partial charge in [0, 0.05) is 17.0 Å². The van der Waals surface area contributed by atoms with E-state index in [0.29, 0.717) is 0 Å². The Kier molecular flexibility index (Phi) is 6.70. The Morgan fingerprint density at radius 3 is 2.38 bits per heavy atom. The highest BCUT2D eigenvalue weighted by Gasteiger charge is 2.13. The van der Waals surface area contributed by atoms with Crippen LogP contribution in [0.25, 0.3) is 0 Å². The van der Waals surface area contributed by atoms with E-state index in [0.717, 1.165) is 5.92 Å². The molecule has 0 spiro atoms. The average molecular weight is 239 g/mol. The van der Waals surface area contributed by atoms with Gasteiger partial charge in [-0.1, -0.05) is 46.0 Å². The lowest BCUT2D eigenvalue weighted by atomic mass is 9.96. The van der Waals surface area contributed by atoms with Crippen LogP contribution >= 0.6 is 11.3 Å². The highest BCUT2D eigenvalue weighted by Crippen LogP contribution is 2.30. The van der Waals surface area contributed by atoms with Gasteiger partial charge >= 0.3 is 0 Å². The highest BCUT2D eigenvalue weighted by atomic mass is 32.1. The molecule has 2 heteroatoms. The molecule has 0 fully saturated rings. The van der Waals surface area contributed by atoms with E-state index in [1.807, 2.05) is 11.3 Å². The van der Waals surface area contributed by atoms with E-state index in [9.17, 15) is 0 Å². The monoisotopic (exact) mass is 239 g/mol. The van der Waals surface area contributed by atoms with Crippen molar-refractivity contribution in [3.63, 3.8) is 0 Å². The molecule has 1 rings (SSSR count). The summed E-state index contributed by atoms with van der Waals surface area (Å²) >= 11 is 1.86. The number of hydrogen-bond acceptors (Lipinski definition) is 2. The number of aromatic nitrogens is 1. The topological polar surface area (TPSA) is 12.9 Å². The predicted molar refractivity (Wildman–Crippen MR) is 73.3 cm³/mol. The molecule has 0 aliphatic heterocycles. The van der Waals surface area contributed by atoms with Gasteiger partial charge in [0.1, 0.15) is 0 Å². The molecule has 1 aromatic rings. The first kappa shape index (κ1) is 13.7. The average Bonchev–Trinajstić information content (AvgIpc) is 2.70. The number of hydrogen-bond donors (Lipinski definition) is 0. The minimum atomic E-state index is 0.727. The third kappa shape index (κ3) is 4.65. The highest BCUT2D eigenvalue weighted by molar-refractivity contribution is 7.09. The van der Waals surface area contributed by atoms with Crippen LogP contribution in [0.1, 0.15) is 75.4 Å². The van der Waals surface area contributed by atoms with Crippen LogP contribution in [-0.2, 0) is 0 Å². The minimum Gasteiger partial charge on any atom is -0.246 e. The van der Waals surface area contributed by atoms with Gasteiger partial charge in [0.05, 0.1) is 5.01 Å². The summed E-state index contributed by atoms with van der Waals surface area (Å²) in [4.78, 5) is 4.66. The van der Waals surface area contributed by atoms with Crippen molar-refractivity contribution in [1.82, 2.24) is 4.98 Å². The predicted octanol–water partition coefficient (Wildman–Crippen LogP) is 5.31. The molecule has 16 heavy (non-hydrogen) atoms. The van der Waals surface area contributed by atoms with Gasteiger partial charge in [0.2, 0.25) is 0 Å². The van der Waals surface area contributed by atoms with Crippen molar-refractivity contribution in [3.8, 4) is 0 Å². The number of nitrogens with zero attached hydrogens (tertiary/aromatic N) is 1. The maximum atomic E-state index is 4.66. The lowest BCUT2D eigenvalue weighted by Crippen LogP contribution is -1.99.